The van der Waals surface area contributed by atoms with Crippen LogP contribution in [0, 0.1) is 0 Å². The Morgan fingerprint density at radius 2 is 1.06 bits per heavy atom. The topological polar surface area (TPSA) is 3.24 Å². The van der Waals surface area contributed by atoms with E-state index in [0.29, 0.717) is 0 Å². The predicted octanol–water partition coefficient (Wildman–Crippen LogP) is 17.5. The van der Waals surface area contributed by atoms with Crippen molar-refractivity contribution in [1.82, 2.24) is 0 Å². The first-order valence-electron chi connectivity index (χ1n) is 22.8. The average Bonchev–Trinajstić information content (AvgIpc) is 3.94. The number of hydrogen-bond donors (Lipinski definition) is 0. The van der Waals surface area contributed by atoms with Crippen molar-refractivity contribution >= 4 is 59.3 Å². The number of thiophene rings is 1. The molecule has 2 heteroatoms. The number of nitrogens with zero attached hydrogens (tertiary/aromatic N) is 1. The molecule has 13 rings (SSSR count). The monoisotopic (exact) mass is 825 g/mol. The maximum Gasteiger partial charge on any atom is 0.0540 e. The van der Waals surface area contributed by atoms with Crippen molar-refractivity contribution in [2.45, 2.75) is 56.8 Å². The molecule has 9 aromatic carbocycles. The number of benzene rings is 9. The minimum absolute atomic E-state index is 0.0542. The van der Waals surface area contributed by atoms with E-state index in [1.807, 2.05) is 11.3 Å². The molecule has 0 N–H and O–H groups in total. The van der Waals surface area contributed by atoms with Crippen molar-refractivity contribution < 1.29 is 0 Å². The van der Waals surface area contributed by atoms with Gasteiger partial charge in [-0.15, -0.1) is 11.3 Å². The molecule has 0 bridgehead atoms. The van der Waals surface area contributed by atoms with Gasteiger partial charge in [0, 0.05) is 47.9 Å². The molecule has 0 unspecified atom stereocenters. The zero-order chi connectivity index (χ0) is 41.9. The summed E-state index contributed by atoms with van der Waals surface area (Å²) in [5, 5.41) is 5.30. The van der Waals surface area contributed by atoms with Crippen molar-refractivity contribution in [1.29, 1.82) is 0 Å². The van der Waals surface area contributed by atoms with Gasteiger partial charge in [-0.25, -0.2) is 0 Å². The van der Waals surface area contributed by atoms with Gasteiger partial charge in [-0.2, -0.15) is 0 Å². The van der Waals surface area contributed by atoms with Gasteiger partial charge in [0.15, 0.2) is 0 Å². The van der Waals surface area contributed by atoms with Crippen LogP contribution in [0.25, 0.3) is 75.5 Å². The summed E-state index contributed by atoms with van der Waals surface area (Å²) in [5.41, 5.74) is 19.9. The smallest absolute Gasteiger partial charge is 0.0540 e. The Bertz CT molecular complexity index is 3470. The third kappa shape index (κ3) is 5.34. The summed E-state index contributed by atoms with van der Waals surface area (Å²) in [4.78, 5) is 2.56. The molecular weight excluding hydrogens is 779 g/mol. The highest BCUT2D eigenvalue weighted by Gasteiger charge is 2.44. The summed E-state index contributed by atoms with van der Waals surface area (Å²) < 4.78 is 2.69. The van der Waals surface area contributed by atoms with Crippen molar-refractivity contribution in [3.63, 3.8) is 0 Å². The molecule has 1 nitrogen and oxygen atoms in total. The van der Waals surface area contributed by atoms with Gasteiger partial charge in [-0.05, 0) is 121 Å². The van der Waals surface area contributed by atoms with E-state index in [4.69, 9.17) is 0 Å². The van der Waals surface area contributed by atoms with Gasteiger partial charge in [0.25, 0.3) is 0 Å². The zero-order valence-electron chi connectivity index (χ0n) is 35.8. The number of hydrogen-bond acceptors (Lipinski definition) is 2. The molecule has 0 radical (unpaired) electrons. The Morgan fingerprint density at radius 1 is 0.444 bits per heavy atom. The second-order valence-electron chi connectivity index (χ2n) is 18.7. The lowest BCUT2D eigenvalue weighted by atomic mass is 9.68. The Hall–Kier alpha value is -6.74. The lowest BCUT2D eigenvalue weighted by Gasteiger charge is -2.37. The Labute approximate surface area is 373 Å². The predicted molar refractivity (Wildman–Crippen MR) is 269 cm³/mol. The molecule has 1 heterocycles. The number of rotatable bonds is 5. The molecule has 1 spiro atoms. The Balaban J connectivity index is 1.01. The highest BCUT2D eigenvalue weighted by molar-refractivity contribution is 7.26. The number of fused-ring (bicyclic) bond motifs is 13. The summed E-state index contributed by atoms with van der Waals surface area (Å²) >= 11 is 1.91. The van der Waals surface area contributed by atoms with Gasteiger partial charge < -0.3 is 4.90 Å². The van der Waals surface area contributed by atoms with Gasteiger partial charge in [0.1, 0.15) is 0 Å². The summed E-state index contributed by atoms with van der Waals surface area (Å²) in [6.07, 6.45) is 6.27. The van der Waals surface area contributed by atoms with E-state index in [0.717, 1.165) is 5.69 Å². The number of para-hydroxylation sites is 1. The van der Waals surface area contributed by atoms with Crippen LogP contribution in [0.3, 0.4) is 0 Å². The Morgan fingerprint density at radius 3 is 1.89 bits per heavy atom. The minimum Gasteiger partial charge on any atom is -0.310 e. The first kappa shape index (κ1) is 36.9. The molecule has 10 aromatic rings. The fraction of sp³-hybridized carbons (Fsp3) is 0.148. The van der Waals surface area contributed by atoms with Crippen LogP contribution in [0.2, 0.25) is 0 Å². The minimum atomic E-state index is -0.145. The third-order valence-corrected chi connectivity index (χ3v) is 16.3. The molecule has 63 heavy (non-hydrogen) atoms. The van der Waals surface area contributed by atoms with Gasteiger partial charge in [0.05, 0.1) is 5.69 Å². The summed E-state index contributed by atoms with van der Waals surface area (Å²) in [6, 6.07) is 71.4. The highest BCUT2D eigenvalue weighted by Crippen LogP contribution is 2.58. The van der Waals surface area contributed by atoms with Crippen LogP contribution >= 0.6 is 11.3 Å². The van der Waals surface area contributed by atoms with Crippen LogP contribution in [0.4, 0.5) is 17.1 Å². The lowest BCUT2D eigenvalue weighted by molar-refractivity contribution is 0.353. The fourth-order valence-corrected chi connectivity index (χ4v) is 13.5. The van der Waals surface area contributed by atoms with Crippen LogP contribution < -0.4 is 4.90 Å². The zero-order valence-corrected chi connectivity index (χ0v) is 36.6. The van der Waals surface area contributed by atoms with Crippen LogP contribution in [-0.4, -0.2) is 0 Å². The van der Waals surface area contributed by atoms with Gasteiger partial charge >= 0.3 is 0 Å². The largest absolute Gasteiger partial charge is 0.310 e. The molecule has 0 saturated heterocycles. The SMILES string of the molecule is CC1(C)c2ccccc2-c2cccc(-c3ccccc3N(c3ccc(-c4cccc5sc6c7ccccc7ccc6c45)cc3)c3ccc4c(c3)C3(CCCCC3)c3ccccc3-4)c21. The van der Waals surface area contributed by atoms with Crippen molar-refractivity contribution in [3.8, 4) is 44.5 Å². The van der Waals surface area contributed by atoms with Gasteiger partial charge in [-0.3, -0.25) is 0 Å². The second kappa shape index (κ2) is 13.9. The lowest BCUT2D eigenvalue weighted by Crippen LogP contribution is -2.28. The third-order valence-electron chi connectivity index (χ3n) is 15.1. The van der Waals surface area contributed by atoms with Gasteiger partial charge in [0.2, 0.25) is 0 Å². The maximum absolute atomic E-state index is 2.57. The van der Waals surface area contributed by atoms with E-state index in [-0.39, 0.29) is 10.8 Å². The molecule has 1 fully saturated rings. The van der Waals surface area contributed by atoms with Crippen molar-refractivity contribution in [2.24, 2.45) is 0 Å². The van der Waals surface area contributed by atoms with E-state index in [9.17, 15) is 0 Å². The van der Waals surface area contributed by atoms with Crippen LogP contribution in [0.1, 0.15) is 68.2 Å². The molecule has 0 aliphatic heterocycles. The molecule has 0 amide bonds. The first-order valence-corrected chi connectivity index (χ1v) is 23.6. The summed E-state index contributed by atoms with van der Waals surface area (Å²) in [6.45, 7) is 4.81. The average molecular weight is 826 g/mol. The van der Waals surface area contributed by atoms with Crippen molar-refractivity contribution in [3.05, 3.63) is 210 Å². The second-order valence-corrected chi connectivity index (χ2v) is 19.7. The van der Waals surface area contributed by atoms with Crippen LogP contribution in [-0.2, 0) is 10.8 Å². The van der Waals surface area contributed by atoms with E-state index in [1.54, 1.807) is 0 Å². The van der Waals surface area contributed by atoms with Crippen LogP contribution in [0.15, 0.2) is 188 Å². The van der Waals surface area contributed by atoms with Crippen LogP contribution in [0.5, 0.6) is 0 Å². The molecule has 0 atom stereocenters. The molecule has 3 aliphatic rings. The fourth-order valence-electron chi connectivity index (χ4n) is 12.3. The van der Waals surface area contributed by atoms with E-state index < -0.39 is 0 Å². The first-order chi connectivity index (χ1) is 31.0. The summed E-state index contributed by atoms with van der Waals surface area (Å²) in [5.74, 6) is 0. The quantitative estimate of drug-likeness (QED) is 0.167. The van der Waals surface area contributed by atoms with E-state index in [2.05, 4.69) is 207 Å². The number of anilines is 3. The maximum atomic E-state index is 2.57. The van der Waals surface area contributed by atoms with E-state index >= 15 is 0 Å². The molecule has 302 valence electrons. The highest BCUT2D eigenvalue weighted by atomic mass is 32.1. The van der Waals surface area contributed by atoms with E-state index in [1.165, 1.54) is 141 Å². The Kier molecular flexibility index (Phi) is 8.12. The normalized spacial score (nSPS) is 15.4. The summed E-state index contributed by atoms with van der Waals surface area (Å²) in [7, 11) is 0. The molecular formula is C61H47NS. The van der Waals surface area contributed by atoms with Gasteiger partial charge in [-0.1, -0.05) is 185 Å². The van der Waals surface area contributed by atoms with Crippen molar-refractivity contribution in [2.75, 3.05) is 4.90 Å². The molecule has 3 aliphatic carbocycles. The standard InChI is InChI=1S/C61H47NS/c1-60(2)52-24-9-6-19-46(52)49-22-14-23-50(58(49)60)48-20-8-11-26-55(48)62(42-33-35-47-45-18-7-10-25-53(45)61(54(47)38-42)36-12-3-13-37-61)41-31-28-40(29-32-41)43-21-15-27-56-57(43)51-34-30-39-16-4-5-17-44(39)59(51)63-56/h4-11,14-35,38H,3,12-13,36-37H2,1-2H3. The molecule has 1 aromatic heterocycles. The molecule has 1 saturated carbocycles.